The van der Waals surface area contributed by atoms with Crippen molar-refractivity contribution in [2.75, 3.05) is 25.6 Å². The van der Waals surface area contributed by atoms with Gasteiger partial charge in [0.15, 0.2) is 23.9 Å². The van der Waals surface area contributed by atoms with Crippen LogP contribution in [0.4, 0.5) is 10.5 Å². The number of ether oxygens (including phenoxy) is 2. The second kappa shape index (κ2) is 11.4. The van der Waals surface area contributed by atoms with Gasteiger partial charge in [-0.3, -0.25) is 24.1 Å². The number of ketones is 1. The summed E-state index contributed by atoms with van der Waals surface area (Å²) in [4.78, 5) is 50.9. The zero-order valence-corrected chi connectivity index (χ0v) is 20.1. The fourth-order valence-corrected chi connectivity index (χ4v) is 4.24. The highest BCUT2D eigenvalue weighted by atomic mass is 32.2. The van der Waals surface area contributed by atoms with Gasteiger partial charge in [0.2, 0.25) is 0 Å². The van der Waals surface area contributed by atoms with Gasteiger partial charge in [-0.25, -0.2) is 0 Å². The molecule has 1 N–H and O–H groups in total. The van der Waals surface area contributed by atoms with Crippen LogP contribution in [0.5, 0.6) is 11.5 Å². The van der Waals surface area contributed by atoms with E-state index in [1.807, 2.05) is 18.2 Å². The lowest BCUT2D eigenvalue weighted by molar-refractivity contribution is -0.122. The number of anilines is 1. The summed E-state index contributed by atoms with van der Waals surface area (Å²) in [7, 11) is 1.46. The van der Waals surface area contributed by atoms with Gasteiger partial charge in [0.05, 0.1) is 18.6 Å². The fraction of sp³-hybridized carbons (Fsp3) is 0.111. The number of rotatable bonds is 9. The van der Waals surface area contributed by atoms with Crippen LogP contribution >= 0.6 is 11.8 Å². The molecule has 36 heavy (non-hydrogen) atoms. The molecule has 0 atom stereocenters. The molecule has 0 bridgehead atoms. The van der Waals surface area contributed by atoms with Crippen molar-refractivity contribution in [1.82, 2.24) is 4.90 Å². The topological polar surface area (TPSA) is 102 Å². The third kappa shape index (κ3) is 6.00. The van der Waals surface area contributed by atoms with Gasteiger partial charge < -0.3 is 14.8 Å². The van der Waals surface area contributed by atoms with Gasteiger partial charge in [0.25, 0.3) is 17.1 Å². The summed E-state index contributed by atoms with van der Waals surface area (Å²) in [5, 5.41) is 2.22. The molecular formula is C27H22N2O6S. The van der Waals surface area contributed by atoms with Crippen LogP contribution in [0.1, 0.15) is 15.9 Å². The number of Topliss-reactive ketones (excluding diaryl/α,β-unsaturated/α-hetero) is 1. The largest absolute Gasteiger partial charge is 0.493 e. The molecule has 4 rings (SSSR count). The molecule has 9 heteroatoms. The lowest BCUT2D eigenvalue weighted by Crippen LogP contribution is -2.33. The average Bonchev–Trinajstić information content (AvgIpc) is 3.16. The van der Waals surface area contributed by atoms with Gasteiger partial charge in [-0.05, 0) is 47.7 Å². The van der Waals surface area contributed by atoms with Crippen molar-refractivity contribution >= 4 is 46.4 Å². The quantitative estimate of drug-likeness (QED) is 0.336. The highest BCUT2D eigenvalue weighted by molar-refractivity contribution is 8.18. The van der Waals surface area contributed by atoms with Crippen LogP contribution in [0.3, 0.4) is 0 Å². The van der Waals surface area contributed by atoms with Gasteiger partial charge in [0, 0.05) is 11.3 Å². The molecule has 1 fully saturated rings. The molecule has 0 aromatic heterocycles. The Morgan fingerprint density at radius 3 is 2.33 bits per heavy atom. The number of methoxy groups -OCH3 is 1. The third-order valence-electron chi connectivity index (χ3n) is 5.17. The van der Waals surface area contributed by atoms with E-state index in [2.05, 4.69) is 5.32 Å². The molecule has 0 spiro atoms. The molecule has 8 nitrogen and oxygen atoms in total. The van der Waals surface area contributed by atoms with E-state index in [4.69, 9.17) is 9.47 Å². The Hall–Kier alpha value is -4.37. The number of carbonyl (C=O) groups excluding carboxylic acids is 4. The number of thioether (sulfide) groups is 1. The molecule has 1 aliphatic heterocycles. The summed E-state index contributed by atoms with van der Waals surface area (Å²) in [5.41, 5.74) is 1.68. The van der Waals surface area contributed by atoms with Crippen molar-refractivity contribution in [1.29, 1.82) is 0 Å². The third-order valence-corrected chi connectivity index (χ3v) is 6.08. The molecular weight excluding hydrogens is 480 g/mol. The normalized spacial score (nSPS) is 14.1. The van der Waals surface area contributed by atoms with Gasteiger partial charge >= 0.3 is 0 Å². The number of amides is 3. The molecule has 0 saturated carbocycles. The molecule has 3 aromatic carbocycles. The summed E-state index contributed by atoms with van der Waals surface area (Å²) in [5.74, 6) is -0.481. The fourth-order valence-electron chi connectivity index (χ4n) is 3.40. The standard InChI is InChI=1S/C27H22N2O6S/c1-34-23-14-18(12-13-22(23)35-17-25(31)28-20-10-6-3-7-11-20)15-24-26(32)29(27(33)36-24)16-21(30)19-8-4-2-5-9-19/h2-15H,16-17H2,1H3,(H,28,31)/b24-15-. The number of para-hydroxylation sites is 1. The summed E-state index contributed by atoms with van der Waals surface area (Å²) in [6, 6.07) is 22.4. The highest BCUT2D eigenvalue weighted by Crippen LogP contribution is 2.34. The van der Waals surface area contributed by atoms with E-state index in [0.717, 1.165) is 16.7 Å². The van der Waals surface area contributed by atoms with Crippen LogP contribution in [-0.2, 0) is 9.59 Å². The SMILES string of the molecule is COc1cc(/C=C2\SC(=O)N(CC(=O)c3ccccc3)C2=O)ccc1OCC(=O)Nc1ccccc1. The Balaban J connectivity index is 1.41. The number of nitrogens with zero attached hydrogens (tertiary/aromatic N) is 1. The van der Waals surface area contributed by atoms with E-state index in [1.54, 1.807) is 66.7 Å². The smallest absolute Gasteiger partial charge is 0.293 e. The lowest BCUT2D eigenvalue weighted by atomic mass is 10.1. The monoisotopic (exact) mass is 502 g/mol. The van der Waals surface area contributed by atoms with Crippen LogP contribution in [0.2, 0.25) is 0 Å². The number of carbonyl (C=O) groups is 4. The lowest BCUT2D eigenvalue weighted by Gasteiger charge is -2.12. The summed E-state index contributed by atoms with van der Waals surface area (Å²) in [6.07, 6.45) is 1.55. The van der Waals surface area contributed by atoms with Crippen molar-refractivity contribution in [3.05, 3.63) is 94.9 Å². The van der Waals surface area contributed by atoms with Crippen LogP contribution in [0.25, 0.3) is 6.08 Å². The first-order valence-corrected chi connectivity index (χ1v) is 11.8. The molecule has 182 valence electrons. The van der Waals surface area contributed by atoms with E-state index < -0.39 is 11.1 Å². The number of nitrogens with one attached hydrogen (secondary N) is 1. The molecule has 1 aliphatic rings. The first-order chi connectivity index (χ1) is 17.4. The van der Waals surface area contributed by atoms with Crippen LogP contribution in [-0.4, -0.2) is 48.0 Å². The Morgan fingerprint density at radius 2 is 1.64 bits per heavy atom. The predicted octanol–water partition coefficient (Wildman–Crippen LogP) is 4.63. The van der Waals surface area contributed by atoms with Crippen molar-refractivity contribution < 1.29 is 28.7 Å². The zero-order chi connectivity index (χ0) is 25.5. The molecule has 0 aliphatic carbocycles. The minimum Gasteiger partial charge on any atom is -0.493 e. The minimum absolute atomic E-state index is 0.193. The van der Waals surface area contributed by atoms with Gasteiger partial charge in [-0.15, -0.1) is 0 Å². The molecule has 0 unspecified atom stereocenters. The Bertz CT molecular complexity index is 1320. The molecule has 0 radical (unpaired) electrons. The molecule has 3 aromatic rings. The van der Waals surface area contributed by atoms with E-state index in [0.29, 0.717) is 28.3 Å². The van der Waals surface area contributed by atoms with Crippen molar-refractivity contribution in [2.45, 2.75) is 0 Å². The first-order valence-electron chi connectivity index (χ1n) is 10.9. The zero-order valence-electron chi connectivity index (χ0n) is 19.3. The van der Waals surface area contributed by atoms with Crippen LogP contribution < -0.4 is 14.8 Å². The summed E-state index contributed by atoms with van der Waals surface area (Å²) in [6.45, 7) is -0.550. The van der Waals surface area contributed by atoms with Crippen LogP contribution in [0.15, 0.2) is 83.8 Å². The second-order valence-corrected chi connectivity index (χ2v) is 8.66. The first kappa shape index (κ1) is 24.7. The van der Waals surface area contributed by atoms with Crippen molar-refractivity contribution in [3.63, 3.8) is 0 Å². The molecule has 3 amide bonds. The van der Waals surface area contributed by atoms with Gasteiger partial charge in [-0.1, -0.05) is 54.6 Å². The summed E-state index contributed by atoms with van der Waals surface area (Å²) >= 11 is 0.768. The Morgan fingerprint density at radius 1 is 0.944 bits per heavy atom. The van der Waals surface area contributed by atoms with E-state index >= 15 is 0 Å². The summed E-state index contributed by atoms with van der Waals surface area (Å²) < 4.78 is 11.0. The molecule has 1 saturated heterocycles. The van der Waals surface area contributed by atoms with E-state index in [9.17, 15) is 19.2 Å². The maximum absolute atomic E-state index is 12.8. The maximum Gasteiger partial charge on any atom is 0.293 e. The number of imide groups is 1. The van der Waals surface area contributed by atoms with Gasteiger partial charge in [0.1, 0.15) is 0 Å². The van der Waals surface area contributed by atoms with E-state index in [1.165, 1.54) is 7.11 Å². The number of benzene rings is 3. The van der Waals surface area contributed by atoms with Crippen molar-refractivity contribution in [3.8, 4) is 11.5 Å². The maximum atomic E-state index is 12.8. The van der Waals surface area contributed by atoms with E-state index in [-0.39, 0.29) is 29.7 Å². The molecule has 1 heterocycles. The van der Waals surface area contributed by atoms with Crippen molar-refractivity contribution in [2.24, 2.45) is 0 Å². The Kier molecular flexibility index (Phi) is 7.82. The minimum atomic E-state index is -0.536. The second-order valence-electron chi connectivity index (χ2n) is 7.67. The average molecular weight is 503 g/mol. The van der Waals surface area contributed by atoms with Crippen LogP contribution in [0, 0.1) is 0 Å². The highest BCUT2D eigenvalue weighted by Gasteiger charge is 2.36. The van der Waals surface area contributed by atoms with Gasteiger partial charge in [-0.2, -0.15) is 0 Å². The number of hydrogen-bond donors (Lipinski definition) is 1. The predicted molar refractivity (Wildman–Crippen MR) is 137 cm³/mol. The Labute approximate surface area is 211 Å². The number of hydrogen-bond acceptors (Lipinski definition) is 7.